The van der Waals surface area contributed by atoms with Crippen molar-refractivity contribution in [1.82, 2.24) is 4.90 Å². The molecule has 0 aliphatic carbocycles. The van der Waals surface area contributed by atoms with Crippen molar-refractivity contribution < 1.29 is 14.0 Å². The van der Waals surface area contributed by atoms with Gasteiger partial charge in [-0.15, -0.1) is 0 Å². The van der Waals surface area contributed by atoms with Crippen LogP contribution in [0.4, 0.5) is 15.8 Å². The molecule has 2 aliphatic heterocycles. The van der Waals surface area contributed by atoms with Crippen molar-refractivity contribution in [2.75, 3.05) is 36.0 Å². The number of piperazine rings is 1. The first-order valence-corrected chi connectivity index (χ1v) is 9.30. The number of amides is 2. The van der Waals surface area contributed by atoms with Gasteiger partial charge in [-0.3, -0.25) is 14.5 Å². The number of carbonyl (C=O) groups is 2. The van der Waals surface area contributed by atoms with Crippen LogP contribution >= 0.6 is 0 Å². The smallest absolute Gasteiger partial charge is 0.245 e. The number of hydrogen-bond acceptors (Lipinski definition) is 3. The van der Waals surface area contributed by atoms with E-state index in [9.17, 15) is 14.0 Å². The molecule has 1 unspecified atom stereocenters. The van der Waals surface area contributed by atoms with E-state index in [0.717, 1.165) is 11.4 Å². The molecule has 6 heteroatoms. The van der Waals surface area contributed by atoms with E-state index in [1.807, 2.05) is 35.2 Å². The molecule has 2 aliphatic rings. The minimum Gasteiger partial charge on any atom is -0.368 e. The summed E-state index contributed by atoms with van der Waals surface area (Å²) in [6.07, 6.45) is 0.964. The van der Waals surface area contributed by atoms with Gasteiger partial charge in [-0.05, 0) is 42.8 Å². The van der Waals surface area contributed by atoms with E-state index in [1.165, 1.54) is 12.1 Å². The summed E-state index contributed by atoms with van der Waals surface area (Å²) in [7, 11) is 0. The molecule has 2 fully saturated rings. The number of nitrogens with zero attached hydrogens (tertiary/aromatic N) is 3. The van der Waals surface area contributed by atoms with E-state index in [0.29, 0.717) is 39.0 Å². The predicted octanol–water partition coefficient (Wildman–Crippen LogP) is 2.67. The Morgan fingerprint density at radius 3 is 2.22 bits per heavy atom. The van der Waals surface area contributed by atoms with Gasteiger partial charge in [0.25, 0.3) is 0 Å². The van der Waals surface area contributed by atoms with Gasteiger partial charge in [0.1, 0.15) is 11.9 Å². The van der Waals surface area contributed by atoms with E-state index in [1.54, 1.807) is 17.0 Å². The van der Waals surface area contributed by atoms with Crippen LogP contribution in [0.3, 0.4) is 0 Å². The van der Waals surface area contributed by atoms with Gasteiger partial charge in [-0.1, -0.05) is 18.2 Å². The van der Waals surface area contributed by atoms with Crippen molar-refractivity contribution in [1.29, 1.82) is 0 Å². The fourth-order valence-electron chi connectivity index (χ4n) is 3.88. The van der Waals surface area contributed by atoms with Crippen molar-refractivity contribution in [3.8, 4) is 0 Å². The molecular formula is C21H22FN3O2. The molecule has 1 atom stereocenters. The molecule has 0 N–H and O–H groups in total. The molecule has 2 aromatic rings. The van der Waals surface area contributed by atoms with Crippen molar-refractivity contribution in [2.45, 2.75) is 18.9 Å². The summed E-state index contributed by atoms with van der Waals surface area (Å²) < 4.78 is 13.1. The van der Waals surface area contributed by atoms with E-state index in [2.05, 4.69) is 4.90 Å². The Morgan fingerprint density at radius 2 is 1.56 bits per heavy atom. The van der Waals surface area contributed by atoms with E-state index in [4.69, 9.17) is 0 Å². The molecule has 27 heavy (non-hydrogen) atoms. The number of rotatable bonds is 3. The van der Waals surface area contributed by atoms with Gasteiger partial charge in [0.2, 0.25) is 11.8 Å². The van der Waals surface area contributed by atoms with Crippen LogP contribution in [0.15, 0.2) is 54.6 Å². The number of para-hydroxylation sites is 1. The molecule has 0 radical (unpaired) electrons. The highest BCUT2D eigenvalue weighted by atomic mass is 19.1. The third kappa shape index (κ3) is 3.52. The Hall–Kier alpha value is -2.89. The molecule has 140 valence electrons. The first-order chi connectivity index (χ1) is 13.1. The average molecular weight is 367 g/mol. The van der Waals surface area contributed by atoms with Crippen LogP contribution in [0.1, 0.15) is 12.8 Å². The van der Waals surface area contributed by atoms with Crippen molar-refractivity contribution >= 4 is 23.2 Å². The second kappa shape index (κ2) is 7.39. The standard InChI is InChI=1S/C21H22FN3O2/c22-16-6-8-17(9-7-16)23-12-14-24(15-13-23)21(27)19-10-11-20(26)25(19)18-4-2-1-3-5-18/h1-9,19H,10-15H2. The molecule has 0 aromatic heterocycles. The van der Waals surface area contributed by atoms with Crippen molar-refractivity contribution in [3.05, 3.63) is 60.4 Å². The van der Waals surface area contributed by atoms with Crippen LogP contribution in [-0.2, 0) is 9.59 Å². The van der Waals surface area contributed by atoms with Gasteiger partial charge in [-0.25, -0.2) is 4.39 Å². The minimum absolute atomic E-state index is 0.00416. The Labute approximate surface area is 158 Å². The highest BCUT2D eigenvalue weighted by molar-refractivity contribution is 6.03. The largest absolute Gasteiger partial charge is 0.368 e. The summed E-state index contributed by atoms with van der Waals surface area (Å²) in [5, 5.41) is 0. The average Bonchev–Trinajstić information content (AvgIpc) is 3.10. The van der Waals surface area contributed by atoms with Gasteiger partial charge in [0, 0.05) is 44.0 Å². The molecule has 4 rings (SSSR count). The maximum Gasteiger partial charge on any atom is 0.245 e. The van der Waals surface area contributed by atoms with E-state index < -0.39 is 6.04 Å². The highest BCUT2D eigenvalue weighted by Gasteiger charge is 2.39. The van der Waals surface area contributed by atoms with Crippen molar-refractivity contribution in [2.24, 2.45) is 0 Å². The summed E-state index contributed by atoms with van der Waals surface area (Å²) in [5.41, 5.74) is 1.74. The third-order valence-corrected chi connectivity index (χ3v) is 5.31. The highest BCUT2D eigenvalue weighted by Crippen LogP contribution is 2.28. The third-order valence-electron chi connectivity index (χ3n) is 5.31. The molecule has 5 nitrogen and oxygen atoms in total. The first-order valence-electron chi connectivity index (χ1n) is 9.30. The Kier molecular flexibility index (Phi) is 4.79. The number of hydrogen-bond donors (Lipinski definition) is 0. The Bertz CT molecular complexity index is 817. The monoisotopic (exact) mass is 367 g/mol. The van der Waals surface area contributed by atoms with Gasteiger partial charge in [0.05, 0.1) is 0 Å². The maximum atomic E-state index is 13.1. The zero-order chi connectivity index (χ0) is 18.8. The Morgan fingerprint density at radius 1 is 0.889 bits per heavy atom. The second-order valence-corrected chi connectivity index (χ2v) is 6.94. The van der Waals surface area contributed by atoms with Gasteiger partial charge in [0.15, 0.2) is 0 Å². The molecular weight excluding hydrogens is 345 g/mol. The normalized spacial score (nSPS) is 20.3. The lowest BCUT2D eigenvalue weighted by Crippen LogP contribution is -2.54. The lowest BCUT2D eigenvalue weighted by Gasteiger charge is -2.38. The van der Waals surface area contributed by atoms with Crippen LogP contribution in [0, 0.1) is 5.82 Å². The van der Waals surface area contributed by atoms with Crippen LogP contribution in [0.5, 0.6) is 0 Å². The quantitative estimate of drug-likeness (QED) is 0.838. The minimum atomic E-state index is -0.419. The topological polar surface area (TPSA) is 43.9 Å². The van der Waals surface area contributed by atoms with Crippen molar-refractivity contribution in [3.63, 3.8) is 0 Å². The zero-order valence-corrected chi connectivity index (χ0v) is 15.1. The second-order valence-electron chi connectivity index (χ2n) is 6.94. The summed E-state index contributed by atoms with van der Waals surface area (Å²) in [5.74, 6) is -0.229. The van der Waals surface area contributed by atoms with Gasteiger partial charge >= 0.3 is 0 Å². The van der Waals surface area contributed by atoms with Gasteiger partial charge in [-0.2, -0.15) is 0 Å². The summed E-state index contributed by atoms with van der Waals surface area (Å²) >= 11 is 0. The molecule has 0 bridgehead atoms. The molecule has 2 aromatic carbocycles. The van der Waals surface area contributed by atoms with E-state index in [-0.39, 0.29) is 17.6 Å². The van der Waals surface area contributed by atoms with Crippen LogP contribution < -0.4 is 9.80 Å². The Balaban J connectivity index is 1.43. The molecule has 2 amide bonds. The maximum absolute atomic E-state index is 13.1. The van der Waals surface area contributed by atoms with Crippen LogP contribution in [0.2, 0.25) is 0 Å². The molecule has 2 saturated heterocycles. The lowest BCUT2D eigenvalue weighted by atomic mass is 10.1. The number of anilines is 2. The lowest BCUT2D eigenvalue weighted by molar-refractivity contribution is -0.133. The predicted molar refractivity (Wildman–Crippen MR) is 102 cm³/mol. The first kappa shape index (κ1) is 17.5. The summed E-state index contributed by atoms with van der Waals surface area (Å²) in [6.45, 7) is 2.60. The molecule has 2 heterocycles. The zero-order valence-electron chi connectivity index (χ0n) is 15.1. The molecule has 0 saturated carbocycles. The summed E-state index contributed by atoms with van der Waals surface area (Å²) in [6, 6.07) is 15.4. The number of carbonyl (C=O) groups excluding carboxylic acids is 2. The SMILES string of the molecule is O=C(C1CCC(=O)N1c1ccccc1)N1CCN(c2ccc(F)cc2)CC1. The fourth-order valence-corrected chi connectivity index (χ4v) is 3.88. The van der Waals surface area contributed by atoms with Crippen LogP contribution in [-0.4, -0.2) is 48.9 Å². The van der Waals surface area contributed by atoms with Crippen LogP contribution in [0.25, 0.3) is 0 Å². The summed E-state index contributed by atoms with van der Waals surface area (Å²) in [4.78, 5) is 31.1. The fraction of sp³-hybridized carbons (Fsp3) is 0.333. The van der Waals surface area contributed by atoms with E-state index >= 15 is 0 Å². The number of benzene rings is 2. The number of halogens is 1. The van der Waals surface area contributed by atoms with Gasteiger partial charge < -0.3 is 9.80 Å². The molecule has 0 spiro atoms.